The number of imide groups is 1. The number of aromatic nitrogens is 3. The van der Waals surface area contributed by atoms with Crippen LogP contribution in [0.15, 0.2) is 29.4 Å². The summed E-state index contributed by atoms with van der Waals surface area (Å²) in [6.45, 7) is 2.93. The van der Waals surface area contributed by atoms with Crippen molar-refractivity contribution in [2.24, 2.45) is 0 Å². The van der Waals surface area contributed by atoms with Crippen LogP contribution in [0.25, 0.3) is 11.4 Å². The van der Waals surface area contributed by atoms with E-state index >= 15 is 0 Å². The van der Waals surface area contributed by atoms with Gasteiger partial charge in [-0.05, 0) is 44.0 Å². The molecule has 0 saturated carbocycles. The average molecular weight is 407 g/mol. The standard InChI is InChI=1S/C18H22FN5O3S/c1-11(16(25)21-17(26)20-2)28-18-23-22-15(12-5-7-13(19)8-6-12)24(18)10-14-4-3-9-27-14/h5-8,11,14H,3-4,9-10H2,1-2H3,(H2,20,21,25,26)/t11-,14-/m0/s1. The molecule has 2 atom stereocenters. The number of carbonyl (C=O) groups is 2. The highest BCUT2D eigenvalue weighted by Crippen LogP contribution is 2.29. The van der Waals surface area contributed by atoms with E-state index in [4.69, 9.17) is 4.74 Å². The Morgan fingerprint density at radius 1 is 1.36 bits per heavy atom. The first-order valence-corrected chi connectivity index (χ1v) is 9.86. The molecule has 1 saturated heterocycles. The van der Waals surface area contributed by atoms with E-state index in [1.165, 1.54) is 30.9 Å². The monoisotopic (exact) mass is 407 g/mol. The molecule has 1 aliphatic rings. The van der Waals surface area contributed by atoms with Gasteiger partial charge in [-0.1, -0.05) is 11.8 Å². The summed E-state index contributed by atoms with van der Waals surface area (Å²) in [6, 6.07) is 5.45. The molecular formula is C18H22FN5O3S. The number of rotatable bonds is 6. The van der Waals surface area contributed by atoms with Gasteiger partial charge in [0.15, 0.2) is 11.0 Å². The van der Waals surface area contributed by atoms with E-state index in [0.717, 1.165) is 18.4 Å². The Labute approximate surface area is 166 Å². The van der Waals surface area contributed by atoms with Crippen LogP contribution in [-0.2, 0) is 16.1 Å². The van der Waals surface area contributed by atoms with Crippen LogP contribution in [0.5, 0.6) is 0 Å². The van der Waals surface area contributed by atoms with Crippen molar-refractivity contribution in [2.45, 2.75) is 42.8 Å². The van der Waals surface area contributed by atoms with Gasteiger partial charge in [0.05, 0.1) is 17.9 Å². The van der Waals surface area contributed by atoms with E-state index < -0.39 is 17.2 Å². The Morgan fingerprint density at radius 2 is 2.11 bits per heavy atom. The van der Waals surface area contributed by atoms with Crippen molar-refractivity contribution in [1.29, 1.82) is 0 Å². The Bertz CT molecular complexity index is 836. The predicted molar refractivity (Wildman–Crippen MR) is 102 cm³/mol. The molecule has 150 valence electrons. The molecule has 2 N–H and O–H groups in total. The van der Waals surface area contributed by atoms with Crippen molar-refractivity contribution >= 4 is 23.7 Å². The van der Waals surface area contributed by atoms with Gasteiger partial charge in [0.2, 0.25) is 5.91 Å². The van der Waals surface area contributed by atoms with E-state index in [9.17, 15) is 14.0 Å². The van der Waals surface area contributed by atoms with Crippen molar-refractivity contribution in [2.75, 3.05) is 13.7 Å². The average Bonchev–Trinajstić information content (AvgIpc) is 3.33. The third-order valence-corrected chi connectivity index (χ3v) is 5.43. The highest BCUT2D eigenvalue weighted by Gasteiger charge is 2.25. The molecule has 0 spiro atoms. The lowest BCUT2D eigenvalue weighted by atomic mass is 10.2. The van der Waals surface area contributed by atoms with Gasteiger partial charge in [0.25, 0.3) is 0 Å². The first kappa shape index (κ1) is 20.3. The van der Waals surface area contributed by atoms with E-state index in [0.29, 0.717) is 24.1 Å². The second kappa shape index (κ2) is 9.16. The summed E-state index contributed by atoms with van der Waals surface area (Å²) in [4.78, 5) is 23.5. The number of ether oxygens (including phenoxy) is 1. The minimum atomic E-state index is -0.565. The van der Waals surface area contributed by atoms with Crippen LogP contribution < -0.4 is 10.6 Å². The second-order valence-corrected chi connectivity index (χ2v) is 7.70. The predicted octanol–water partition coefficient (Wildman–Crippen LogP) is 2.20. The van der Waals surface area contributed by atoms with Crippen molar-refractivity contribution in [3.05, 3.63) is 30.1 Å². The number of amides is 3. The summed E-state index contributed by atoms with van der Waals surface area (Å²) in [7, 11) is 1.44. The number of hydrogen-bond acceptors (Lipinski definition) is 6. The number of halogens is 1. The minimum absolute atomic E-state index is 0.0320. The minimum Gasteiger partial charge on any atom is -0.376 e. The largest absolute Gasteiger partial charge is 0.376 e. The summed E-state index contributed by atoms with van der Waals surface area (Å²) < 4.78 is 20.9. The lowest BCUT2D eigenvalue weighted by molar-refractivity contribution is -0.119. The number of hydrogen-bond donors (Lipinski definition) is 2. The zero-order valence-electron chi connectivity index (χ0n) is 15.6. The molecule has 3 rings (SSSR count). The number of urea groups is 1. The Morgan fingerprint density at radius 3 is 2.75 bits per heavy atom. The summed E-state index contributed by atoms with van der Waals surface area (Å²) in [5.74, 6) is -0.181. The molecule has 0 radical (unpaired) electrons. The summed E-state index contributed by atoms with van der Waals surface area (Å²) in [5, 5.41) is 13.0. The van der Waals surface area contributed by atoms with Crippen molar-refractivity contribution < 1.29 is 18.7 Å². The molecule has 1 aliphatic heterocycles. The molecule has 0 aliphatic carbocycles. The summed E-state index contributed by atoms with van der Waals surface area (Å²) in [6.07, 6.45) is 1.95. The lowest BCUT2D eigenvalue weighted by Gasteiger charge is -2.16. The molecule has 3 amide bonds. The summed E-state index contributed by atoms with van der Waals surface area (Å²) >= 11 is 1.20. The maximum atomic E-state index is 13.3. The second-order valence-electron chi connectivity index (χ2n) is 6.39. The van der Waals surface area contributed by atoms with Gasteiger partial charge in [-0.2, -0.15) is 0 Å². The van der Waals surface area contributed by atoms with Gasteiger partial charge in [-0.25, -0.2) is 9.18 Å². The van der Waals surface area contributed by atoms with Crippen LogP contribution in [0.2, 0.25) is 0 Å². The molecule has 0 unspecified atom stereocenters. The highest BCUT2D eigenvalue weighted by molar-refractivity contribution is 8.00. The first-order chi connectivity index (χ1) is 13.5. The van der Waals surface area contributed by atoms with Gasteiger partial charge in [-0.15, -0.1) is 10.2 Å². The fraction of sp³-hybridized carbons (Fsp3) is 0.444. The molecule has 2 heterocycles. The van der Waals surface area contributed by atoms with Crippen LogP contribution in [0, 0.1) is 5.82 Å². The van der Waals surface area contributed by atoms with Gasteiger partial charge in [0, 0.05) is 19.2 Å². The Balaban J connectivity index is 1.84. The third kappa shape index (κ3) is 4.87. The number of nitrogens with one attached hydrogen (secondary N) is 2. The normalized spacial score (nSPS) is 17.3. The van der Waals surface area contributed by atoms with Gasteiger partial charge in [-0.3, -0.25) is 14.7 Å². The zero-order chi connectivity index (χ0) is 20.1. The Hall–Kier alpha value is -2.46. The quantitative estimate of drug-likeness (QED) is 0.713. The third-order valence-electron chi connectivity index (χ3n) is 4.34. The van der Waals surface area contributed by atoms with Gasteiger partial charge in [0.1, 0.15) is 5.82 Å². The van der Waals surface area contributed by atoms with Crippen LogP contribution in [-0.4, -0.2) is 51.7 Å². The molecule has 10 heteroatoms. The number of nitrogens with zero attached hydrogens (tertiary/aromatic N) is 3. The molecule has 8 nitrogen and oxygen atoms in total. The maximum absolute atomic E-state index is 13.3. The SMILES string of the molecule is CNC(=O)NC(=O)[C@H](C)Sc1nnc(-c2ccc(F)cc2)n1C[C@@H]1CCCO1. The van der Waals surface area contributed by atoms with Crippen molar-refractivity contribution in [1.82, 2.24) is 25.4 Å². The topological polar surface area (TPSA) is 98.1 Å². The molecule has 1 aromatic heterocycles. The van der Waals surface area contributed by atoms with Gasteiger partial charge >= 0.3 is 6.03 Å². The van der Waals surface area contributed by atoms with E-state index in [-0.39, 0.29) is 11.9 Å². The molecule has 28 heavy (non-hydrogen) atoms. The van der Waals surface area contributed by atoms with Crippen LogP contribution in [0.3, 0.4) is 0 Å². The van der Waals surface area contributed by atoms with E-state index in [2.05, 4.69) is 20.8 Å². The zero-order valence-corrected chi connectivity index (χ0v) is 16.5. The maximum Gasteiger partial charge on any atom is 0.321 e. The number of thioether (sulfide) groups is 1. The van der Waals surface area contributed by atoms with Crippen molar-refractivity contribution in [3.8, 4) is 11.4 Å². The molecule has 2 aromatic rings. The molecule has 0 bridgehead atoms. The number of carbonyl (C=O) groups excluding carboxylic acids is 2. The van der Waals surface area contributed by atoms with Crippen LogP contribution in [0.4, 0.5) is 9.18 Å². The van der Waals surface area contributed by atoms with Gasteiger partial charge < -0.3 is 10.1 Å². The smallest absolute Gasteiger partial charge is 0.321 e. The first-order valence-electron chi connectivity index (χ1n) is 8.98. The van der Waals surface area contributed by atoms with Crippen molar-refractivity contribution in [3.63, 3.8) is 0 Å². The lowest BCUT2D eigenvalue weighted by Crippen LogP contribution is -2.41. The molecule has 1 fully saturated rings. The van der Waals surface area contributed by atoms with E-state index in [1.807, 2.05) is 4.57 Å². The summed E-state index contributed by atoms with van der Waals surface area (Å²) in [5.41, 5.74) is 0.723. The fourth-order valence-electron chi connectivity index (χ4n) is 2.83. The van der Waals surface area contributed by atoms with Crippen LogP contribution in [0.1, 0.15) is 19.8 Å². The molecule has 1 aromatic carbocycles. The van der Waals surface area contributed by atoms with Crippen LogP contribution >= 0.6 is 11.8 Å². The fourth-order valence-corrected chi connectivity index (χ4v) is 3.69. The number of benzene rings is 1. The Kier molecular flexibility index (Phi) is 6.63. The molecular weight excluding hydrogens is 385 g/mol. The van der Waals surface area contributed by atoms with E-state index in [1.54, 1.807) is 19.1 Å². The highest BCUT2D eigenvalue weighted by atomic mass is 32.2.